The van der Waals surface area contributed by atoms with Crippen LogP contribution in [0.3, 0.4) is 0 Å². The molecule has 1 atom stereocenters. The molecule has 40 heavy (non-hydrogen) atoms. The third-order valence-corrected chi connectivity index (χ3v) is 13.7. The molecule has 6 nitrogen and oxygen atoms in total. The predicted molar refractivity (Wildman–Crippen MR) is 164 cm³/mol. The average Bonchev–Trinajstić information content (AvgIpc) is 3.19. The average molecular weight is 561 g/mol. The van der Waals surface area contributed by atoms with Crippen molar-refractivity contribution in [3.63, 3.8) is 0 Å². The van der Waals surface area contributed by atoms with Gasteiger partial charge >= 0.3 is 0 Å². The third kappa shape index (κ3) is 4.24. The zero-order chi connectivity index (χ0) is 29.2. The number of hydrogen-bond donors (Lipinski definition) is 0. The Labute approximate surface area is 239 Å². The molecule has 0 aliphatic heterocycles. The van der Waals surface area contributed by atoms with Crippen LogP contribution in [-0.4, -0.2) is 50.7 Å². The maximum Gasteiger partial charge on any atom is 0.189 e. The van der Waals surface area contributed by atoms with Gasteiger partial charge in [0.2, 0.25) is 0 Å². The molecule has 4 rings (SSSR count). The highest BCUT2D eigenvalue weighted by Gasteiger charge is 2.53. The number of allylic oxidation sites excluding steroid dienone is 4. The highest BCUT2D eigenvalue weighted by molar-refractivity contribution is 7.17. The molecule has 3 aromatic carbocycles. The molecule has 1 aliphatic carbocycles. The van der Waals surface area contributed by atoms with Crippen LogP contribution in [-0.2, 0) is 0 Å². The lowest BCUT2D eigenvalue weighted by molar-refractivity contribution is 0.355. The minimum atomic E-state index is -3.32. The molecule has 0 saturated heterocycles. The van der Waals surface area contributed by atoms with Crippen LogP contribution < -0.4 is 44.0 Å². The normalized spacial score (nSPS) is 15.3. The van der Waals surface area contributed by atoms with Gasteiger partial charge in [-0.15, -0.1) is 0 Å². The Kier molecular flexibility index (Phi) is 8.54. The minimum Gasteiger partial charge on any atom is -0.493 e. The second kappa shape index (κ2) is 11.7. The van der Waals surface area contributed by atoms with Crippen molar-refractivity contribution in [1.29, 1.82) is 0 Å². The molecule has 7 heteroatoms. The smallest absolute Gasteiger partial charge is 0.189 e. The monoisotopic (exact) mass is 560 g/mol. The molecular weight excluding hydrogens is 520 g/mol. The summed E-state index contributed by atoms with van der Waals surface area (Å²) in [4.78, 5) is 0. The second-order valence-corrected chi connectivity index (χ2v) is 13.6. The van der Waals surface area contributed by atoms with Gasteiger partial charge in [-0.05, 0) is 50.5 Å². The quantitative estimate of drug-likeness (QED) is 0.256. The van der Waals surface area contributed by atoms with E-state index in [1.54, 1.807) is 42.7 Å². The van der Waals surface area contributed by atoms with Crippen LogP contribution in [0.15, 0.2) is 76.5 Å². The lowest BCUT2D eigenvalue weighted by Gasteiger charge is -2.40. The summed E-state index contributed by atoms with van der Waals surface area (Å²) < 4.78 is 36.2. The molecule has 1 unspecified atom stereocenters. The van der Waals surface area contributed by atoms with E-state index in [-0.39, 0.29) is 5.92 Å². The maximum absolute atomic E-state index is 6.19. The Hall–Kier alpha value is -3.84. The molecule has 0 spiro atoms. The van der Waals surface area contributed by atoms with Gasteiger partial charge in [0.05, 0.1) is 42.7 Å². The first-order chi connectivity index (χ1) is 19.3. The molecule has 0 radical (unpaired) electrons. The summed E-state index contributed by atoms with van der Waals surface area (Å²) in [6, 6.07) is 18.3. The van der Waals surface area contributed by atoms with E-state index in [4.69, 9.17) is 28.4 Å². The second-order valence-electron chi connectivity index (χ2n) is 9.94. The fourth-order valence-corrected chi connectivity index (χ4v) is 12.5. The zero-order valence-corrected chi connectivity index (χ0v) is 26.2. The highest BCUT2D eigenvalue weighted by Crippen LogP contribution is 2.45. The maximum atomic E-state index is 6.19. The van der Waals surface area contributed by atoms with Crippen LogP contribution in [0.2, 0.25) is 0 Å². The summed E-state index contributed by atoms with van der Waals surface area (Å²) in [5, 5.41) is 4.40. The van der Waals surface area contributed by atoms with Gasteiger partial charge in [0, 0.05) is 15.6 Å². The topological polar surface area (TPSA) is 55.4 Å². The van der Waals surface area contributed by atoms with Gasteiger partial charge in [0.25, 0.3) is 0 Å². The zero-order valence-electron chi connectivity index (χ0n) is 25.2. The number of para-hydroxylation sites is 3. The van der Waals surface area contributed by atoms with Gasteiger partial charge in [-0.1, -0.05) is 59.7 Å². The van der Waals surface area contributed by atoms with E-state index < -0.39 is 8.07 Å². The van der Waals surface area contributed by atoms with E-state index in [2.05, 4.69) is 45.9 Å². The summed E-state index contributed by atoms with van der Waals surface area (Å²) >= 11 is 0. The van der Waals surface area contributed by atoms with Gasteiger partial charge in [-0.3, -0.25) is 0 Å². The number of hydrogen-bond acceptors (Lipinski definition) is 6. The molecule has 0 fully saturated rings. The minimum absolute atomic E-state index is 0.148. The summed E-state index contributed by atoms with van der Waals surface area (Å²) in [5.74, 6) is 4.17. The van der Waals surface area contributed by atoms with Gasteiger partial charge < -0.3 is 28.4 Å². The number of rotatable bonds is 10. The molecular formula is C33H40O6Si. The van der Waals surface area contributed by atoms with E-state index in [0.29, 0.717) is 34.5 Å². The Balaban J connectivity index is 2.40. The Morgan fingerprint density at radius 2 is 0.850 bits per heavy atom. The molecule has 0 bridgehead atoms. The van der Waals surface area contributed by atoms with Crippen molar-refractivity contribution in [3.8, 4) is 34.5 Å². The predicted octanol–water partition coefficient (Wildman–Crippen LogP) is 5.05. The van der Waals surface area contributed by atoms with Gasteiger partial charge in [0.1, 0.15) is 0 Å². The number of methoxy groups -OCH3 is 6. The van der Waals surface area contributed by atoms with E-state index in [1.807, 2.05) is 36.4 Å². The highest BCUT2D eigenvalue weighted by atomic mass is 28.3. The van der Waals surface area contributed by atoms with E-state index in [9.17, 15) is 0 Å². The van der Waals surface area contributed by atoms with Crippen molar-refractivity contribution >= 4 is 23.6 Å². The third-order valence-electron chi connectivity index (χ3n) is 8.47. The van der Waals surface area contributed by atoms with Gasteiger partial charge in [-0.25, -0.2) is 0 Å². The molecule has 3 aromatic rings. The Morgan fingerprint density at radius 3 is 1.10 bits per heavy atom. The molecule has 0 aromatic heterocycles. The summed E-state index contributed by atoms with van der Waals surface area (Å²) in [5.41, 5.74) is 3.90. The molecule has 212 valence electrons. The first-order valence-electron chi connectivity index (χ1n) is 13.3. The van der Waals surface area contributed by atoms with E-state index in [1.165, 1.54) is 21.9 Å². The lowest BCUT2D eigenvalue weighted by Crippen LogP contribution is -2.70. The Bertz CT molecular complexity index is 1340. The van der Waals surface area contributed by atoms with Crippen molar-refractivity contribution in [2.75, 3.05) is 42.7 Å². The Morgan fingerprint density at radius 1 is 0.500 bits per heavy atom. The number of ether oxygens (including phenoxy) is 6. The van der Waals surface area contributed by atoms with Crippen LogP contribution in [0, 0.1) is 5.92 Å². The van der Waals surface area contributed by atoms with E-state index in [0.717, 1.165) is 15.6 Å². The van der Waals surface area contributed by atoms with Crippen molar-refractivity contribution in [2.45, 2.75) is 27.7 Å². The summed E-state index contributed by atoms with van der Waals surface area (Å²) in [6.07, 6.45) is 0. The van der Waals surface area contributed by atoms with Crippen LogP contribution in [0.1, 0.15) is 27.7 Å². The SMILES string of the molecule is COc1cccc([Si](C2=C(C)C(C)=C(C)C2C)(c2cccc(OC)c2OC)c2cccc(OC)c2OC)c1OC. The molecule has 0 saturated carbocycles. The number of benzene rings is 3. The standard InChI is InChI=1S/C33H40O6Si/c1-20-21(2)23(4)33(22(20)3)40(27-17-11-14-24(34-5)30(27)37-8,28-18-12-15-25(35-6)31(28)38-9)29-19-13-16-26(36-7)32(29)39-10/h11-19,22H,1-10H3. The molecule has 1 aliphatic rings. The van der Waals surface area contributed by atoms with Crippen molar-refractivity contribution in [1.82, 2.24) is 0 Å². The summed E-state index contributed by atoms with van der Waals surface area (Å²) in [7, 11) is 6.77. The molecule has 0 N–H and O–H groups in total. The van der Waals surface area contributed by atoms with Crippen molar-refractivity contribution in [2.24, 2.45) is 5.92 Å². The first-order valence-corrected chi connectivity index (χ1v) is 15.3. The molecule has 0 amide bonds. The molecule has 0 heterocycles. The van der Waals surface area contributed by atoms with Crippen LogP contribution in [0.25, 0.3) is 0 Å². The lowest BCUT2D eigenvalue weighted by atomic mass is 10.1. The van der Waals surface area contributed by atoms with Crippen molar-refractivity contribution in [3.05, 3.63) is 76.5 Å². The fraction of sp³-hybridized carbons (Fsp3) is 0.333. The summed E-state index contributed by atoms with van der Waals surface area (Å²) in [6.45, 7) is 8.95. The van der Waals surface area contributed by atoms with Crippen LogP contribution >= 0.6 is 0 Å². The first kappa shape index (κ1) is 29.1. The van der Waals surface area contributed by atoms with Crippen LogP contribution in [0.5, 0.6) is 34.5 Å². The van der Waals surface area contributed by atoms with Gasteiger partial charge in [0.15, 0.2) is 42.6 Å². The fourth-order valence-electron chi connectivity index (χ4n) is 6.39. The van der Waals surface area contributed by atoms with Gasteiger partial charge in [-0.2, -0.15) is 0 Å². The van der Waals surface area contributed by atoms with Crippen LogP contribution in [0.4, 0.5) is 0 Å². The van der Waals surface area contributed by atoms with E-state index >= 15 is 0 Å². The van der Waals surface area contributed by atoms with Crippen molar-refractivity contribution < 1.29 is 28.4 Å². The largest absolute Gasteiger partial charge is 0.493 e.